The number of carbonyl (C=O) groups excluding carboxylic acids is 1. The van der Waals surface area contributed by atoms with Crippen LogP contribution in [0, 0.1) is 11.8 Å². The van der Waals surface area contributed by atoms with Gasteiger partial charge >= 0.3 is 0 Å². The van der Waals surface area contributed by atoms with Gasteiger partial charge in [-0.1, -0.05) is 27.2 Å². The molecule has 0 aliphatic carbocycles. The average molecular weight is 270 g/mol. The van der Waals surface area contributed by atoms with E-state index in [-0.39, 0.29) is 11.8 Å². The summed E-state index contributed by atoms with van der Waals surface area (Å²) in [6.07, 6.45) is 3.27. The molecule has 1 aliphatic rings. The Labute approximate surface area is 117 Å². The van der Waals surface area contributed by atoms with Crippen molar-refractivity contribution in [1.82, 2.24) is 10.2 Å². The first-order valence-electron chi connectivity index (χ1n) is 7.56. The van der Waals surface area contributed by atoms with Crippen molar-refractivity contribution in [2.75, 3.05) is 26.2 Å². The molecule has 2 N–H and O–H groups in total. The highest BCUT2D eigenvalue weighted by molar-refractivity contribution is 5.78. The lowest BCUT2D eigenvalue weighted by molar-refractivity contribution is -0.124. The second-order valence-corrected chi connectivity index (χ2v) is 6.40. The molecule has 0 aromatic rings. The minimum Gasteiger partial charge on any atom is -0.388 e. The van der Waals surface area contributed by atoms with Crippen LogP contribution in [0.1, 0.15) is 47.0 Å². The van der Waals surface area contributed by atoms with E-state index in [2.05, 4.69) is 24.1 Å². The molecule has 1 aliphatic heterocycles. The zero-order chi connectivity index (χ0) is 14.5. The van der Waals surface area contributed by atoms with Gasteiger partial charge in [0.1, 0.15) is 0 Å². The number of nitrogens with one attached hydrogen (secondary N) is 1. The molecule has 19 heavy (non-hydrogen) atoms. The van der Waals surface area contributed by atoms with Crippen molar-refractivity contribution in [3.05, 3.63) is 0 Å². The number of aliphatic hydroxyl groups is 1. The number of nitrogens with zero attached hydrogens (tertiary/aromatic N) is 1. The third-order valence-electron chi connectivity index (χ3n) is 4.56. The van der Waals surface area contributed by atoms with Crippen LogP contribution in [0.25, 0.3) is 0 Å². The maximum Gasteiger partial charge on any atom is 0.234 e. The van der Waals surface area contributed by atoms with Crippen molar-refractivity contribution in [2.24, 2.45) is 11.8 Å². The molecule has 1 heterocycles. The summed E-state index contributed by atoms with van der Waals surface area (Å²) in [5, 5.41) is 13.1. The molecule has 1 saturated heterocycles. The Kier molecular flexibility index (Phi) is 6.27. The van der Waals surface area contributed by atoms with E-state index in [9.17, 15) is 9.90 Å². The van der Waals surface area contributed by atoms with Gasteiger partial charge in [-0.15, -0.1) is 0 Å². The monoisotopic (exact) mass is 270 g/mol. The van der Waals surface area contributed by atoms with Crippen LogP contribution in [-0.2, 0) is 4.79 Å². The third-order valence-corrected chi connectivity index (χ3v) is 4.56. The van der Waals surface area contributed by atoms with E-state index in [1.807, 2.05) is 6.92 Å². The van der Waals surface area contributed by atoms with Crippen LogP contribution in [0.5, 0.6) is 0 Å². The molecule has 2 atom stereocenters. The Bertz CT molecular complexity index is 284. The highest BCUT2D eigenvalue weighted by atomic mass is 16.3. The maximum absolute atomic E-state index is 11.9. The van der Waals surface area contributed by atoms with Crippen LogP contribution in [0.3, 0.4) is 0 Å². The average Bonchev–Trinajstić information content (AvgIpc) is 2.38. The predicted octanol–water partition coefficient (Wildman–Crippen LogP) is 1.63. The normalized spacial score (nSPS) is 22.8. The molecule has 1 fully saturated rings. The van der Waals surface area contributed by atoms with Crippen molar-refractivity contribution in [3.63, 3.8) is 0 Å². The first kappa shape index (κ1) is 16.4. The standard InChI is InChI=1S/C15H30N2O2/c1-5-13(3)15(4,19)11-16-14(18)10-17-8-6-12(2)7-9-17/h12-13,19H,5-11H2,1-4H3,(H,16,18). The van der Waals surface area contributed by atoms with E-state index in [0.717, 1.165) is 25.4 Å². The van der Waals surface area contributed by atoms with E-state index >= 15 is 0 Å². The molecular formula is C15H30N2O2. The van der Waals surface area contributed by atoms with Gasteiger partial charge in [0.15, 0.2) is 0 Å². The second-order valence-electron chi connectivity index (χ2n) is 6.40. The van der Waals surface area contributed by atoms with Crippen LogP contribution in [-0.4, -0.2) is 47.7 Å². The Hall–Kier alpha value is -0.610. The molecule has 4 heteroatoms. The molecule has 1 amide bonds. The van der Waals surface area contributed by atoms with Gasteiger partial charge in [-0.2, -0.15) is 0 Å². The minimum absolute atomic E-state index is 0.0260. The van der Waals surface area contributed by atoms with E-state index < -0.39 is 5.60 Å². The van der Waals surface area contributed by atoms with Crippen LogP contribution in [0.2, 0.25) is 0 Å². The number of likely N-dealkylation sites (tertiary alicyclic amines) is 1. The number of amides is 1. The van der Waals surface area contributed by atoms with Gasteiger partial charge < -0.3 is 10.4 Å². The predicted molar refractivity (Wildman–Crippen MR) is 77.9 cm³/mol. The van der Waals surface area contributed by atoms with Gasteiger partial charge in [0.05, 0.1) is 12.1 Å². The molecule has 0 spiro atoms. The lowest BCUT2D eigenvalue weighted by Gasteiger charge is -2.32. The lowest BCUT2D eigenvalue weighted by atomic mass is 9.88. The summed E-state index contributed by atoms with van der Waals surface area (Å²) in [7, 11) is 0. The Morgan fingerprint density at radius 2 is 2.05 bits per heavy atom. The highest BCUT2D eigenvalue weighted by Crippen LogP contribution is 2.19. The summed E-state index contributed by atoms with van der Waals surface area (Å²) in [5.41, 5.74) is -0.819. The fourth-order valence-electron chi connectivity index (χ4n) is 2.37. The molecule has 2 unspecified atom stereocenters. The van der Waals surface area contributed by atoms with Crippen molar-refractivity contribution >= 4 is 5.91 Å². The summed E-state index contributed by atoms with van der Waals surface area (Å²) in [6.45, 7) is 10.9. The number of hydrogen-bond donors (Lipinski definition) is 2. The lowest BCUT2D eigenvalue weighted by Crippen LogP contribution is -2.48. The minimum atomic E-state index is -0.819. The molecule has 0 saturated carbocycles. The quantitative estimate of drug-likeness (QED) is 0.771. The Morgan fingerprint density at radius 3 is 2.58 bits per heavy atom. The fourth-order valence-corrected chi connectivity index (χ4v) is 2.37. The van der Waals surface area contributed by atoms with Gasteiger partial charge in [-0.3, -0.25) is 9.69 Å². The van der Waals surface area contributed by atoms with Gasteiger partial charge in [0.25, 0.3) is 0 Å². The topological polar surface area (TPSA) is 52.6 Å². The summed E-state index contributed by atoms with van der Waals surface area (Å²) < 4.78 is 0. The summed E-state index contributed by atoms with van der Waals surface area (Å²) in [4.78, 5) is 14.1. The van der Waals surface area contributed by atoms with Crippen LogP contribution < -0.4 is 5.32 Å². The smallest absolute Gasteiger partial charge is 0.234 e. The van der Waals surface area contributed by atoms with Gasteiger partial charge in [-0.05, 0) is 44.7 Å². The van der Waals surface area contributed by atoms with Gasteiger partial charge in [0.2, 0.25) is 5.91 Å². The zero-order valence-electron chi connectivity index (χ0n) is 12.9. The number of carbonyl (C=O) groups is 1. The summed E-state index contributed by atoms with van der Waals surface area (Å²) in [5.74, 6) is 0.993. The SMILES string of the molecule is CCC(C)C(C)(O)CNC(=O)CN1CCC(C)CC1. The second kappa shape index (κ2) is 7.25. The van der Waals surface area contributed by atoms with Gasteiger partial charge in [-0.25, -0.2) is 0 Å². The van der Waals surface area contributed by atoms with Crippen molar-refractivity contribution in [1.29, 1.82) is 0 Å². The van der Waals surface area contributed by atoms with Crippen LogP contribution >= 0.6 is 0 Å². The Morgan fingerprint density at radius 1 is 1.47 bits per heavy atom. The van der Waals surface area contributed by atoms with Crippen molar-refractivity contribution in [3.8, 4) is 0 Å². The molecule has 112 valence electrons. The van der Waals surface area contributed by atoms with E-state index in [1.54, 1.807) is 6.92 Å². The maximum atomic E-state index is 11.9. The number of rotatable bonds is 6. The zero-order valence-corrected chi connectivity index (χ0v) is 12.9. The molecule has 0 radical (unpaired) electrons. The van der Waals surface area contributed by atoms with Crippen LogP contribution in [0.4, 0.5) is 0 Å². The number of hydrogen-bond acceptors (Lipinski definition) is 3. The first-order chi connectivity index (χ1) is 8.85. The highest BCUT2D eigenvalue weighted by Gasteiger charge is 2.27. The van der Waals surface area contributed by atoms with E-state index in [0.29, 0.717) is 13.1 Å². The molecule has 0 bridgehead atoms. The molecule has 0 aromatic carbocycles. The van der Waals surface area contributed by atoms with Crippen molar-refractivity contribution in [2.45, 2.75) is 52.6 Å². The van der Waals surface area contributed by atoms with Gasteiger partial charge in [0, 0.05) is 6.54 Å². The molecule has 1 rings (SSSR count). The largest absolute Gasteiger partial charge is 0.388 e. The molecule has 0 aromatic heterocycles. The Balaban J connectivity index is 2.28. The van der Waals surface area contributed by atoms with E-state index in [1.165, 1.54) is 12.8 Å². The summed E-state index contributed by atoms with van der Waals surface area (Å²) >= 11 is 0. The van der Waals surface area contributed by atoms with Crippen molar-refractivity contribution < 1.29 is 9.90 Å². The fraction of sp³-hybridized carbons (Fsp3) is 0.933. The van der Waals surface area contributed by atoms with E-state index in [4.69, 9.17) is 0 Å². The third kappa shape index (κ3) is 5.49. The number of piperidine rings is 1. The summed E-state index contributed by atoms with van der Waals surface area (Å²) in [6, 6.07) is 0. The van der Waals surface area contributed by atoms with Crippen LogP contribution in [0.15, 0.2) is 0 Å². The molecular weight excluding hydrogens is 240 g/mol. The molecule has 4 nitrogen and oxygen atoms in total. The first-order valence-corrected chi connectivity index (χ1v) is 7.56.